The summed E-state index contributed by atoms with van der Waals surface area (Å²) in [6.45, 7) is 0.575. The minimum absolute atomic E-state index is 0.0455. The van der Waals surface area contributed by atoms with Gasteiger partial charge in [0.15, 0.2) is 0 Å². The Labute approximate surface area is 135 Å². The molecular weight excluding hydrogens is 294 g/mol. The third-order valence-electron chi connectivity index (χ3n) is 3.41. The number of amides is 1. The fraction of sp³-hybridized carbons (Fsp3) is 0.353. The maximum absolute atomic E-state index is 11.9. The first-order valence-corrected chi connectivity index (χ1v) is 7.72. The molecule has 2 rings (SSSR count). The molecule has 0 unspecified atom stereocenters. The third-order valence-corrected chi connectivity index (χ3v) is 3.41. The van der Waals surface area contributed by atoms with Gasteiger partial charge in [0.2, 0.25) is 5.91 Å². The van der Waals surface area contributed by atoms with Gasteiger partial charge in [0.1, 0.15) is 0 Å². The number of benzene rings is 1. The average Bonchev–Trinajstić information content (AvgIpc) is 3.00. The van der Waals surface area contributed by atoms with Crippen LogP contribution in [0.4, 0.5) is 0 Å². The molecule has 1 aromatic carbocycles. The number of para-hydroxylation sites is 1. The van der Waals surface area contributed by atoms with Crippen LogP contribution in [0.1, 0.15) is 31.2 Å². The number of nitrogens with zero attached hydrogens (tertiary/aromatic N) is 2. The molecule has 1 heterocycles. The molecule has 1 aromatic heterocycles. The Hall–Kier alpha value is -2.63. The topological polar surface area (TPSA) is 84.2 Å². The van der Waals surface area contributed by atoms with Crippen LogP contribution >= 0.6 is 0 Å². The Kier molecular flexibility index (Phi) is 6.35. The van der Waals surface area contributed by atoms with Crippen molar-refractivity contribution in [1.82, 2.24) is 15.1 Å². The first kappa shape index (κ1) is 16.7. The van der Waals surface area contributed by atoms with Crippen molar-refractivity contribution in [1.29, 1.82) is 0 Å². The van der Waals surface area contributed by atoms with Gasteiger partial charge in [0, 0.05) is 19.2 Å². The van der Waals surface area contributed by atoms with Crippen molar-refractivity contribution in [2.75, 3.05) is 6.54 Å². The van der Waals surface area contributed by atoms with E-state index in [9.17, 15) is 9.59 Å². The van der Waals surface area contributed by atoms with Gasteiger partial charge >= 0.3 is 5.97 Å². The number of hydrogen-bond donors (Lipinski definition) is 2. The molecule has 23 heavy (non-hydrogen) atoms. The van der Waals surface area contributed by atoms with Gasteiger partial charge in [-0.15, -0.1) is 0 Å². The first-order chi connectivity index (χ1) is 11.1. The maximum atomic E-state index is 11.9. The molecule has 0 aliphatic rings. The number of hydrogen-bond acceptors (Lipinski definition) is 3. The minimum atomic E-state index is -0.774. The highest BCUT2D eigenvalue weighted by Gasteiger charge is 2.06. The van der Waals surface area contributed by atoms with Crippen molar-refractivity contribution < 1.29 is 14.7 Å². The van der Waals surface area contributed by atoms with Crippen molar-refractivity contribution in [2.24, 2.45) is 0 Å². The van der Waals surface area contributed by atoms with Crippen LogP contribution in [0.3, 0.4) is 0 Å². The highest BCUT2D eigenvalue weighted by Crippen LogP contribution is 2.08. The van der Waals surface area contributed by atoms with Crippen LogP contribution in [0.15, 0.2) is 42.7 Å². The summed E-state index contributed by atoms with van der Waals surface area (Å²) in [5.74, 6) is -0.819. The molecule has 2 aromatic rings. The van der Waals surface area contributed by atoms with Gasteiger partial charge in [-0.05, 0) is 30.5 Å². The second-order valence-electron chi connectivity index (χ2n) is 5.36. The van der Waals surface area contributed by atoms with Gasteiger partial charge < -0.3 is 10.4 Å². The Morgan fingerprint density at radius 1 is 1.13 bits per heavy atom. The molecule has 0 saturated heterocycles. The normalized spacial score (nSPS) is 10.4. The summed E-state index contributed by atoms with van der Waals surface area (Å²) in [6, 6.07) is 9.72. The van der Waals surface area contributed by atoms with Gasteiger partial charge in [-0.3, -0.25) is 9.59 Å². The van der Waals surface area contributed by atoms with E-state index >= 15 is 0 Å². The standard InChI is InChI=1S/C17H21N3O3/c21-16(18-10-6-2-5-9-17(22)23)11-14-12-19-20(13-14)15-7-3-1-4-8-15/h1,3-4,7-8,12-13H,2,5-6,9-11H2,(H,18,21)(H,22,23). The molecule has 0 spiro atoms. The van der Waals surface area contributed by atoms with Crippen LogP contribution < -0.4 is 5.32 Å². The minimum Gasteiger partial charge on any atom is -0.481 e. The number of carbonyl (C=O) groups is 2. The fourth-order valence-corrected chi connectivity index (χ4v) is 2.23. The number of aliphatic carboxylic acids is 1. The van der Waals surface area contributed by atoms with E-state index in [1.165, 1.54) is 0 Å². The number of carbonyl (C=O) groups excluding carboxylic acids is 1. The highest BCUT2D eigenvalue weighted by molar-refractivity contribution is 5.78. The molecule has 0 aliphatic carbocycles. The monoisotopic (exact) mass is 315 g/mol. The summed E-state index contributed by atoms with van der Waals surface area (Å²) >= 11 is 0. The van der Waals surface area contributed by atoms with Gasteiger partial charge in [-0.1, -0.05) is 24.6 Å². The molecular formula is C17H21N3O3. The predicted octanol–water partition coefficient (Wildman–Crippen LogP) is 2.18. The SMILES string of the molecule is O=C(O)CCCCCNC(=O)Cc1cnn(-c2ccccc2)c1. The number of unbranched alkanes of at least 4 members (excludes halogenated alkanes) is 2. The number of carboxylic acid groups (broad SMARTS) is 1. The largest absolute Gasteiger partial charge is 0.481 e. The van der Waals surface area contributed by atoms with E-state index in [4.69, 9.17) is 5.11 Å². The summed E-state index contributed by atoms with van der Waals surface area (Å²) in [5, 5.41) is 15.6. The molecule has 6 heteroatoms. The van der Waals surface area contributed by atoms with E-state index in [-0.39, 0.29) is 12.3 Å². The van der Waals surface area contributed by atoms with Crippen LogP contribution in [-0.2, 0) is 16.0 Å². The zero-order chi connectivity index (χ0) is 16.5. The van der Waals surface area contributed by atoms with Crippen LogP contribution in [0.25, 0.3) is 5.69 Å². The summed E-state index contributed by atoms with van der Waals surface area (Å²) in [6.07, 6.45) is 6.27. The summed E-state index contributed by atoms with van der Waals surface area (Å²) < 4.78 is 1.74. The molecule has 6 nitrogen and oxygen atoms in total. The average molecular weight is 315 g/mol. The number of aromatic nitrogens is 2. The Morgan fingerprint density at radius 2 is 1.91 bits per heavy atom. The van der Waals surface area contributed by atoms with E-state index in [1.54, 1.807) is 10.9 Å². The predicted molar refractivity (Wildman–Crippen MR) is 86.4 cm³/mol. The van der Waals surface area contributed by atoms with Crippen molar-refractivity contribution in [3.8, 4) is 5.69 Å². The van der Waals surface area contributed by atoms with Crippen LogP contribution in [-0.4, -0.2) is 33.3 Å². The van der Waals surface area contributed by atoms with Crippen LogP contribution in [0.2, 0.25) is 0 Å². The quantitative estimate of drug-likeness (QED) is 0.695. The molecule has 0 radical (unpaired) electrons. The second-order valence-corrected chi connectivity index (χ2v) is 5.36. The number of rotatable bonds is 9. The van der Waals surface area contributed by atoms with Gasteiger partial charge in [0.05, 0.1) is 18.3 Å². The van der Waals surface area contributed by atoms with Crippen molar-refractivity contribution >= 4 is 11.9 Å². The maximum Gasteiger partial charge on any atom is 0.303 e. The number of nitrogens with one attached hydrogen (secondary N) is 1. The van der Waals surface area contributed by atoms with E-state index < -0.39 is 5.97 Å². The lowest BCUT2D eigenvalue weighted by atomic mass is 10.2. The van der Waals surface area contributed by atoms with Crippen molar-refractivity contribution in [3.63, 3.8) is 0 Å². The lowest BCUT2D eigenvalue weighted by molar-refractivity contribution is -0.137. The molecule has 0 aliphatic heterocycles. The van der Waals surface area contributed by atoms with Gasteiger partial charge in [0.25, 0.3) is 0 Å². The molecule has 2 N–H and O–H groups in total. The summed E-state index contributed by atoms with van der Waals surface area (Å²) in [4.78, 5) is 22.2. The smallest absolute Gasteiger partial charge is 0.303 e. The van der Waals surface area contributed by atoms with Crippen LogP contribution in [0.5, 0.6) is 0 Å². The summed E-state index contributed by atoms with van der Waals surface area (Å²) in [7, 11) is 0. The van der Waals surface area contributed by atoms with E-state index in [0.717, 1.165) is 24.1 Å². The lowest BCUT2D eigenvalue weighted by Crippen LogP contribution is -2.25. The Bertz CT molecular complexity index is 638. The highest BCUT2D eigenvalue weighted by atomic mass is 16.4. The second kappa shape index (κ2) is 8.73. The van der Waals surface area contributed by atoms with Crippen LogP contribution in [0, 0.1) is 0 Å². The van der Waals surface area contributed by atoms with Crippen molar-refractivity contribution in [2.45, 2.75) is 32.1 Å². The molecule has 0 saturated carbocycles. The molecule has 122 valence electrons. The number of carboxylic acids is 1. The third kappa shape index (κ3) is 5.94. The molecule has 1 amide bonds. The Morgan fingerprint density at radius 3 is 2.65 bits per heavy atom. The zero-order valence-electron chi connectivity index (χ0n) is 12.9. The van der Waals surface area contributed by atoms with Crippen molar-refractivity contribution in [3.05, 3.63) is 48.3 Å². The Balaban J connectivity index is 1.70. The van der Waals surface area contributed by atoms with Gasteiger partial charge in [-0.25, -0.2) is 4.68 Å². The zero-order valence-corrected chi connectivity index (χ0v) is 12.9. The fourth-order valence-electron chi connectivity index (χ4n) is 2.23. The van der Waals surface area contributed by atoms with Gasteiger partial charge in [-0.2, -0.15) is 5.10 Å². The van der Waals surface area contributed by atoms with E-state index in [2.05, 4.69) is 10.4 Å². The van der Waals surface area contributed by atoms with E-state index in [0.29, 0.717) is 19.4 Å². The lowest BCUT2D eigenvalue weighted by Gasteiger charge is -2.03. The summed E-state index contributed by atoms with van der Waals surface area (Å²) in [5.41, 5.74) is 1.81. The molecule has 0 bridgehead atoms. The first-order valence-electron chi connectivity index (χ1n) is 7.72. The molecule has 0 atom stereocenters. The molecule has 0 fully saturated rings. The van der Waals surface area contributed by atoms with E-state index in [1.807, 2.05) is 36.5 Å².